The number of carboxylic acid groups (broad SMARTS) is 1. The summed E-state index contributed by atoms with van der Waals surface area (Å²) in [7, 11) is 0. The summed E-state index contributed by atoms with van der Waals surface area (Å²) in [5.74, 6) is -0.464. The van der Waals surface area contributed by atoms with E-state index >= 15 is 0 Å². The van der Waals surface area contributed by atoms with Gasteiger partial charge in [-0.05, 0) is 35.1 Å². The van der Waals surface area contributed by atoms with Crippen molar-refractivity contribution in [2.45, 2.75) is 56.0 Å². The monoisotopic (exact) mass is 494 g/mol. The van der Waals surface area contributed by atoms with E-state index in [1.54, 1.807) is 0 Å². The fraction of sp³-hybridized carbons (Fsp3) is 0.444. The van der Waals surface area contributed by atoms with E-state index in [4.69, 9.17) is 4.74 Å². The zero-order valence-electron chi connectivity index (χ0n) is 19.6. The molecule has 2 aromatic rings. The van der Waals surface area contributed by atoms with Crippen molar-refractivity contribution in [1.82, 2.24) is 10.2 Å². The maximum atomic E-state index is 13.1. The number of aliphatic carboxylic acids is 1. The molecule has 2 amide bonds. The van der Waals surface area contributed by atoms with E-state index in [0.29, 0.717) is 24.5 Å². The maximum absolute atomic E-state index is 13.1. The minimum Gasteiger partial charge on any atom is -0.480 e. The molecule has 8 heteroatoms. The molecule has 2 aliphatic carbocycles. The number of rotatable bonds is 6. The number of ether oxygens (including phenoxy) is 1. The highest BCUT2D eigenvalue weighted by molar-refractivity contribution is 7.99. The second-order valence-corrected chi connectivity index (χ2v) is 10.7. The number of nitrogens with zero attached hydrogens (tertiary/aromatic N) is 1. The van der Waals surface area contributed by atoms with Crippen LogP contribution in [0.25, 0.3) is 11.1 Å². The van der Waals surface area contributed by atoms with Gasteiger partial charge in [-0.3, -0.25) is 4.79 Å². The molecule has 1 aliphatic heterocycles. The van der Waals surface area contributed by atoms with Gasteiger partial charge in [-0.2, -0.15) is 0 Å². The number of carbonyl (C=O) groups is 3. The van der Waals surface area contributed by atoms with Gasteiger partial charge < -0.3 is 20.1 Å². The third-order valence-corrected chi connectivity index (χ3v) is 8.51. The van der Waals surface area contributed by atoms with E-state index in [9.17, 15) is 19.5 Å². The molecule has 35 heavy (non-hydrogen) atoms. The lowest BCUT2D eigenvalue weighted by atomic mass is 9.79. The summed E-state index contributed by atoms with van der Waals surface area (Å²) in [6.45, 7) is 0.216. The molecule has 5 rings (SSSR count). The van der Waals surface area contributed by atoms with Crippen LogP contribution in [0.5, 0.6) is 0 Å². The molecule has 2 N–H and O–H groups in total. The summed E-state index contributed by atoms with van der Waals surface area (Å²) >= 11 is 1.45. The Morgan fingerprint density at radius 3 is 2.26 bits per heavy atom. The molecule has 2 fully saturated rings. The minimum absolute atomic E-state index is 0.0324. The topological polar surface area (TPSA) is 95.9 Å². The summed E-state index contributed by atoms with van der Waals surface area (Å²) < 4.78 is 5.76. The lowest BCUT2D eigenvalue weighted by Crippen LogP contribution is -2.54. The number of nitrogens with one attached hydrogen (secondary N) is 1. The van der Waals surface area contributed by atoms with Crippen molar-refractivity contribution < 1.29 is 24.2 Å². The highest BCUT2D eigenvalue weighted by Crippen LogP contribution is 2.44. The van der Waals surface area contributed by atoms with Crippen LogP contribution in [0, 0.1) is 0 Å². The first-order valence-electron chi connectivity index (χ1n) is 12.2. The van der Waals surface area contributed by atoms with Crippen LogP contribution in [0.2, 0.25) is 0 Å². The van der Waals surface area contributed by atoms with Crippen molar-refractivity contribution in [2.24, 2.45) is 0 Å². The SMILES string of the molecule is O=C(NC1(CC(=O)N2CSCC2C(=O)O)CCCCC1)OCC1c2ccccc2-c2ccccc21. The van der Waals surface area contributed by atoms with E-state index in [1.807, 2.05) is 24.3 Å². The molecule has 0 radical (unpaired) electrons. The standard InChI is InChI=1S/C27H30N2O5S/c30-24(29-17-35-16-23(29)25(31)32)14-27(12-6-1-7-13-27)28-26(33)34-15-22-20-10-4-2-8-18(20)19-9-3-5-11-21(19)22/h2-5,8-11,22-23H,1,6-7,12-17H2,(H,28,33)(H,31,32). The number of carbonyl (C=O) groups excluding carboxylic acids is 2. The van der Waals surface area contributed by atoms with E-state index < -0.39 is 23.6 Å². The van der Waals surface area contributed by atoms with Gasteiger partial charge in [-0.25, -0.2) is 9.59 Å². The molecule has 0 spiro atoms. The highest BCUT2D eigenvalue weighted by atomic mass is 32.2. The summed E-state index contributed by atoms with van der Waals surface area (Å²) in [6.07, 6.45) is 3.82. The van der Waals surface area contributed by atoms with Crippen molar-refractivity contribution in [3.05, 3.63) is 59.7 Å². The third-order valence-electron chi connectivity index (χ3n) is 7.50. The molecule has 3 aliphatic rings. The fourth-order valence-electron chi connectivity index (χ4n) is 5.71. The van der Waals surface area contributed by atoms with Crippen molar-refractivity contribution in [3.8, 4) is 11.1 Å². The number of alkyl carbamates (subject to hydrolysis) is 1. The average molecular weight is 495 g/mol. The molecule has 2 aromatic carbocycles. The molecular formula is C27H30N2O5S. The van der Waals surface area contributed by atoms with Gasteiger partial charge in [0, 0.05) is 11.7 Å². The first kappa shape index (κ1) is 23.7. The van der Waals surface area contributed by atoms with Crippen LogP contribution >= 0.6 is 11.8 Å². The quantitative estimate of drug-likeness (QED) is 0.609. The number of hydrogen-bond acceptors (Lipinski definition) is 5. The van der Waals surface area contributed by atoms with Crippen LogP contribution in [-0.2, 0) is 14.3 Å². The van der Waals surface area contributed by atoms with E-state index in [0.717, 1.165) is 30.4 Å². The molecule has 0 bridgehead atoms. The average Bonchev–Trinajstić information content (AvgIpc) is 3.47. The Morgan fingerprint density at radius 1 is 1.00 bits per heavy atom. The Balaban J connectivity index is 1.27. The fourth-order valence-corrected chi connectivity index (χ4v) is 6.88. The molecule has 7 nitrogen and oxygen atoms in total. The molecule has 0 aromatic heterocycles. The van der Waals surface area contributed by atoms with Gasteiger partial charge >= 0.3 is 12.1 Å². The third kappa shape index (κ3) is 4.76. The van der Waals surface area contributed by atoms with Gasteiger partial charge in [-0.15, -0.1) is 11.8 Å². The summed E-state index contributed by atoms with van der Waals surface area (Å²) in [5.41, 5.74) is 3.94. The van der Waals surface area contributed by atoms with E-state index in [1.165, 1.54) is 27.8 Å². The van der Waals surface area contributed by atoms with Crippen LogP contribution in [0.4, 0.5) is 4.79 Å². The predicted molar refractivity (Wildman–Crippen MR) is 134 cm³/mol. The molecule has 1 saturated carbocycles. The van der Waals surface area contributed by atoms with Gasteiger partial charge in [0.05, 0.1) is 17.8 Å². The van der Waals surface area contributed by atoms with E-state index in [2.05, 4.69) is 29.6 Å². The molecule has 1 saturated heterocycles. The molecule has 1 heterocycles. The lowest BCUT2D eigenvalue weighted by molar-refractivity contribution is -0.148. The molecule has 1 atom stereocenters. The van der Waals surface area contributed by atoms with Gasteiger partial charge in [0.1, 0.15) is 12.6 Å². The highest BCUT2D eigenvalue weighted by Gasteiger charge is 2.41. The number of hydrogen-bond donors (Lipinski definition) is 2. The van der Waals surface area contributed by atoms with Crippen LogP contribution in [0.15, 0.2) is 48.5 Å². The molecule has 1 unspecified atom stereocenters. The summed E-state index contributed by atoms with van der Waals surface area (Å²) in [6, 6.07) is 15.6. The zero-order valence-corrected chi connectivity index (χ0v) is 20.4. The minimum atomic E-state index is -0.981. The number of benzene rings is 2. The Bertz CT molecular complexity index is 1080. The van der Waals surface area contributed by atoms with Gasteiger partial charge in [0.15, 0.2) is 0 Å². The van der Waals surface area contributed by atoms with Gasteiger partial charge in [-0.1, -0.05) is 67.8 Å². The van der Waals surface area contributed by atoms with Crippen LogP contribution in [0.1, 0.15) is 55.6 Å². The first-order chi connectivity index (χ1) is 17.0. The van der Waals surface area contributed by atoms with Gasteiger partial charge in [0.25, 0.3) is 0 Å². The summed E-state index contributed by atoms with van der Waals surface area (Å²) in [5, 5.41) is 12.5. The summed E-state index contributed by atoms with van der Waals surface area (Å²) in [4.78, 5) is 39.1. The van der Waals surface area contributed by atoms with Crippen LogP contribution < -0.4 is 5.32 Å². The Morgan fingerprint density at radius 2 is 1.63 bits per heavy atom. The largest absolute Gasteiger partial charge is 0.480 e. The molecular weight excluding hydrogens is 464 g/mol. The zero-order chi connectivity index (χ0) is 24.4. The number of amides is 2. The first-order valence-corrected chi connectivity index (χ1v) is 13.4. The normalized spacial score (nSPS) is 20.7. The number of carboxylic acids is 1. The Labute approximate surface area is 209 Å². The maximum Gasteiger partial charge on any atom is 0.407 e. The predicted octanol–water partition coefficient (Wildman–Crippen LogP) is 4.60. The smallest absolute Gasteiger partial charge is 0.407 e. The van der Waals surface area contributed by atoms with Gasteiger partial charge in [0.2, 0.25) is 5.91 Å². The van der Waals surface area contributed by atoms with Crippen molar-refractivity contribution in [2.75, 3.05) is 18.2 Å². The van der Waals surface area contributed by atoms with E-state index in [-0.39, 0.29) is 24.9 Å². The van der Waals surface area contributed by atoms with Crippen LogP contribution in [0.3, 0.4) is 0 Å². The van der Waals surface area contributed by atoms with Crippen molar-refractivity contribution in [3.63, 3.8) is 0 Å². The van der Waals surface area contributed by atoms with Crippen molar-refractivity contribution in [1.29, 1.82) is 0 Å². The Hall–Kier alpha value is -3.00. The second-order valence-electron chi connectivity index (χ2n) is 9.69. The van der Waals surface area contributed by atoms with Crippen molar-refractivity contribution >= 4 is 29.7 Å². The number of fused-ring (bicyclic) bond motifs is 3. The van der Waals surface area contributed by atoms with Crippen LogP contribution in [-0.4, -0.2) is 57.8 Å². The lowest BCUT2D eigenvalue weighted by Gasteiger charge is -2.38. The Kier molecular flexibility index (Phi) is 6.73. The number of thioether (sulfide) groups is 1. The second kappa shape index (κ2) is 9.93. The molecule has 184 valence electrons.